The van der Waals surface area contributed by atoms with Crippen molar-refractivity contribution in [3.63, 3.8) is 0 Å². The quantitative estimate of drug-likeness (QED) is 0.365. The lowest BCUT2D eigenvalue weighted by Crippen LogP contribution is -2.59. The fraction of sp³-hybridized carbons (Fsp3) is 0.500. The largest absolute Gasteiger partial charge is 0.607 e. The maximum atomic E-state index is 14.3. The van der Waals surface area contributed by atoms with Crippen molar-refractivity contribution in [1.82, 2.24) is 0 Å². The highest BCUT2D eigenvalue weighted by molar-refractivity contribution is 9.10. The summed E-state index contributed by atoms with van der Waals surface area (Å²) in [6.07, 6.45) is -13.9. The Labute approximate surface area is 154 Å². The molecule has 0 fully saturated rings. The Bertz CT molecular complexity index is 688. The van der Waals surface area contributed by atoms with Crippen LogP contribution in [0.3, 0.4) is 0 Å². The van der Waals surface area contributed by atoms with Crippen LogP contribution in [0.25, 0.3) is 0 Å². The van der Waals surface area contributed by atoms with Crippen LogP contribution in [-0.2, 0) is 16.8 Å². The van der Waals surface area contributed by atoms with Gasteiger partial charge in [0, 0.05) is 16.1 Å². The molecule has 0 saturated carbocycles. The second-order valence-corrected chi connectivity index (χ2v) is 7.28. The Kier molecular flexibility index (Phi) is 6.46. The molecule has 0 aliphatic heterocycles. The van der Waals surface area contributed by atoms with E-state index in [9.17, 15) is 57.2 Å². The van der Waals surface area contributed by atoms with Crippen LogP contribution in [0.15, 0.2) is 21.5 Å². The van der Waals surface area contributed by atoms with Crippen molar-refractivity contribution in [2.45, 2.75) is 34.1 Å². The molecular weight excluding hydrogens is 500 g/mol. The van der Waals surface area contributed by atoms with Gasteiger partial charge in [-0.3, -0.25) is 0 Å². The van der Waals surface area contributed by atoms with Crippen molar-refractivity contribution in [2.24, 2.45) is 0 Å². The lowest BCUT2D eigenvalue weighted by molar-refractivity contribution is -0.389. The first-order chi connectivity index (χ1) is 11.8. The minimum atomic E-state index is -7.06. The topological polar surface area (TPSA) is 23.1 Å². The molecular formula is C12H4BrF12OS. The average Bonchev–Trinajstić information content (AvgIpc) is 2.50. The average molecular weight is 504 g/mol. The highest BCUT2D eigenvalue weighted by Crippen LogP contribution is 2.58. The van der Waals surface area contributed by atoms with E-state index in [1.54, 1.807) is 6.07 Å². The molecule has 2 unspecified atom stereocenters. The van der Waals surface area contributed by atoms with Gasteiger partial charge in [-0.2, -0.15) is 43.9 Å². The standard InChI is InChI=1S/C12H4BrF12OS/c13-6-1-5(2-7(3-6)27(26)8(15,16)4-14)9(17,11(20,21)22)10(18,19)12(23,24)25/h1-2H,4H2. The maximum absolute atomic E-state index is 14.3. The zero-order chi connectivity index (χ0) is 21.6. The van der Waals surface area contributed by atoms with E-state index in [0.717, 1.165) is 0 Å². The summed E-state index contributed by atoms with van der Waals surface area (Å²) >= 11 is -1.62. The number of benzene rings is 1. The lowest BCUT2D eigenvalue weighted by atomic mass is 9.88. The number of halogens is 13. The zero-order valence-electron chi connectivity index (χ0n) is 12.1. The summed E-state index contributed by atoms with van der Waals surface area (Å²) in [6.45, 7) is -2.62. The summed E-state index contributed by atoms with van der Waals surface area (Å²) in [5.41, 5.74) is -8.92. The summed E-state index contributed by atoms with van der Waals surface area (Å²) in [5, 5.41) is -4.75. The van der Waals surface area contributed by atoms with E-state index in [0.29, 0.717) is 0 Å². The van der Waals surface area contributed by atoms with Crippen molar-refractivity contribution in [1.29, 1.82) is 0 Å². The summed E-state index contributed by atoms with van der Waals surface area (Å²) in [4.78, 5) is -1.63. The Hall–Kier alpha value is -0.830. The van der Waals surface area contributed by atoms with Crippen molar-refractivity contribution >= 4 is 27.1 Å². The SMILES string of the molecule is [O-][S+](c1[c]c(Br)cc(C(F)(C(F)(F)F)C(F)(F)C(F)(F)F)c1)C(F)(F)CF. The third-order valence-electron chi connectivity index (χ3n) is 3.02. The molecule has 1 radical (unpaired) electrons. The van der Waals surface area contributed by atoms with E-state index in [4.69, 9.17) is 0 Å². The highest BCUT2D eigenvalue weighted by Gasteiger charge is 2.81. The van der Waals surface area contributed by atoms with Crippen LogP contribution >= 0.6 is 15.9 Å². The molecule has 0 aromatic heterocycles. The highest BCUT2D eigenvalue weighted by atomic mass is 79.9. The molecule has 1 aromatic carbocycles. The molecule has 0 spiro atoms. The van der Waals surface area contributed by atoms with E-state index in [-0.39, 0.29) is 6.07 Å². The van der Waals surface area contributed by atoms with Crippen LogP contribution < -0.4 is 0 Å². The zero-order valence-corrected chi connectivity index (χ0v) is 14.5. The molecule has 0 saturated heterocycles. The van der Waals surface area contributed by atoms with Gasteiger partial charge < -0.3 is 4.55 Å². The summed E-state index contributed by atoms with van der Waals surface area (Å²) < 4.78 is 166. The van der Waals surface area contributed by atoms with Crippen LogP contribution in [0.4, 0.5) is 52.7 Å². The lowest BCUT2D eigenvalue weighted by Gasteiger charge is -2.36. The first kappa shape index (κ1) is 24.2. The van der Waals surface area contributed by atoms with Gasteiger partial charge in [0.25, 0.3) is 0 Å². The molecule has 1 nitrogen and oxygen atoms in total. The van der Waals surface area contributed by atoms with Crippen molar-refractivity contribution < 1.29 is 57.2 Å². The van der Waals surface area contributed by atoms with Gasteiger partial charge in [-0.1, -0.05) is 0 Å². The normalized spacial score (nSPS) is 17.6. The van der Waals surface area contributed by atoms with Crippen LogP contribution in [-0.4, -0.2) is 34.8 Å². The van der Waals surface area contributed by atoms with Crippen LogP contribution in [0.1, 0.15) is 5.56 Å². The predicted molar refractivity (Wildman–Crippen MR) is 70.2 cm³/mol. The third kappa shape index (κ3) is 4.13. The third-order valence-corrected chi connectivity index (χ3v) is 4.71. The Morgan fingerprint density at radius 3 is 1.74 bits per heavy atom. The van der Waals surface area contributed by atoms with E-state index >= 15 is 0 Å². The Morgan fingerprint density at radius 2 is 1.37 bits per heavy atom. The number of rotatable bonds is 5. The Balaban J connectivity index is 3.78. The molecule has 0 heterocycles. The van der Waals surface area contributed by atoms with Crippen molar-refractivity contribution in [3.8, 4) is 0 Å². The molecule has 0 N–H and O–H groups in total. The molecule has 2 atom stereocenters. The number of hydrogen-bond donors (Lipinski definition) is 0. The van der Waals surface area contributed by atoms with Gasteiger partial charge in [0.15, 0.2) is 4.90 Å². The van der Waals surface area contributed by atoms with Gasteiger partial charge in [-0.25, -0.2) is 8.78 Å². The van der Waals surface area contributed by atoms with Gasteiger partial charge in [-0.15, -0.1) is 0 Å². The van der Waals surface area contributed by atoms with Gasteiger partial charge in [0.05, 0.1) is 17.2 Å². The van der Waals surface area contributed by atoms with Crippen molar-refractivity contribution in [3.05, 3.63) is 28.2 Å². The monoisotopic (exact) mass is 503 g/mol. The van der Waals surface area contributed by atoms with E-state index < -0.39 is 68.0 Å². The fourth-order valence-corrected chi connectivity index (χ4v) is 3.19. The van der Waals surface area contributed by atoms with Crippen LogP contribution in [0.5, 0.6) is 0 Å². The summed E-state index contributed by atoms with van der Waals surface area (Å²) in [6, 6.07) is 0.805. The molecule has 1 aromatic rings. The van der Waals surface area contributed by atoms with Crippen LogP contribution in [0, 0.1) is 6.07 Å². The first-order valence-electron chi connectivity index (χ1n) is 6.12. The maximum Gasteiger partial charge on any atom is 0.457 e. The molecule has 155 valence electrons. The van der Waals surface area contributed by atoms with Gasteiger partial charge in [0.2, 0.25) is 6.67 Å². The number of hydrogen-bond acceptors (Lipinski definition) is 1. The molecule has 1 rings (SSSR count). The number of alkyl halides is 12. The Morgan fingerprint density at radius 1 is 0.889 bits per heavy atom. The van der Waals surface area contributed by atoms with E-state index in [2.05, 4.69) is 15.9 Å². The van der Waals surface area contributed by atoms with Gasteiger partial charge >= 0.3 is 29.2 Å². The summed E-state index contributed by atoms with van der Waals surface area (Å²) in [5.74, 6) is -7.06. The molecule has 27 heavy (non-hydrogen) atoms. The molecule has 15 heteroatoms. The second-order valence-electron chi connectivity index (χ2n) is 4.85. The van der Waals surface area contributed by atoms with Crippen molar-refractivity contribution in [2.75, 3.05) is 6.67 Å². The molecule has 0 bridgehead atoms. The molecule has 0 aliphatic carbocycles. The fourth-order valence-electron chi connectivity index (χ4n) is 1.74. The van der Waals surface area contributed by atoms with E-state index in [1.807, 2.05) is 0 Å². The minimum absolute atomic E-state index is 0.235. The summed E-state index contributed by atoms with van der Waals surface area (Å²) in [7, 11) is 0. The van der Waals surface area contributed by atoms with Gasteiger partial charge in [0.1, 0.15) is 0 Å². The minimum Gasteiger partial charge on any atom is -0.607 e. The van der Waals surface area contributed by atoms with Crippen LogP contribution in [0.2, 0.25) is 0 Å². The molecule has 0 amide bonds. The van der Waals surface area contributed by atoms with E-state index in [1.165, 1.54) is 0 Å². The smallest absolute Gasteiger partial charge is 0.457 e. The predicted octanol–water partition coefficient (Wildman–Crippen LogP) is 5.84. The molecule has 0 aliphatic rings. The first-order valence-corrected chi connectivity index (χ1v) is 8.06. The van der Waals surface area contributed by atoms with Gasteiger partial charge in [-0.05, 0) is 22.0 Å². The second kappa shape index (κ2) is 7.21.